The van der Waals surface area contributed by atoms with E-state index in [-0.39, 0.29) is 0 Å². The quantitative estimate of drug-likeness (QED) is 0.581. The van der Waals surface area contributed by atoms with E-state index in [0.717, 1.165) is 11.8 Å². The van der Waals surface area contributed by atoms with Crippen molar-refractivity contribution < 1.29 is 19.1 Å². The average molecular weight is 225 g/mol. The maximum Gasteiger partial charge on any atom is 0.171 e. The summed E-state index contributed by atoms with van der Waals surface area (Å²) in [5.41, 5.74) is 4.02. The van der Waals surface area contributed by atoms with Gasteiger partial charge in [-0.25, -0.2) is 0 Å². The first-order valence-electron chi connectivity index (χ1n) is 4.73. The number of ether oxygens (including phenoxy) is 2. The van der Waals surface area contributed by atoms with Crippen LogP contribution in [0.5, 0.6) is 11.5 Å². The molecule has 88 valence electrons. The van der Waals surface area contributed by atoms with Crippen molar-refractivity contribution in [3.63, 3.8) is 0 Å². The monoisotopic (exact) mass is 225 g/mol. The summed E-state index contributed by atoms with van der Waals surface area (Å²) in [6, 6.07) is 3.47. The van der Waals surface area contributed by atoms with Gasteiger partial charge in [0.25, 0.3) is 0 Å². The van der Waals surface area contributed by atoms with E-state index in [9.17, 15) is 4.79 Å². The van der Waals surface area contributed by atoms with Crippen molar-refractivity contribution in [1.82, 2.24) is 5.48 Å². The number of carbonyl (C=O) groups is 1. The second-order valence-corrected chi connectivity index (χ2v) is 3.02. The molecule has 0 aliphatic rings. The highest BCUT2D eigenvalue weighted by atomic mass is 16.6. The summed E-state index contributed by atoms with van der Waals surface area (Å²) < 4.78 is 10.4. The lowest BCUT2D eigenvalue weighted by molar-refractivity contribution is 0.0860. The van der Waals surface area contributed by atoms with Crippen LogP contribution in [0, 0.1) is 0 Å². The minimum atomic E-state index is 0.438. The molecule has 0 unspecified atom stereocenters. The van der Waals surface area contributed by atoms with Crippen molar-refractivity contribution >= 4 is 6.29 Å². The molecule has 16 heavy (non-hydrogen) atoms. The Labute approximate surface area is 94.3 Å². The molecule has 0 aliphatic carbocycles. The van der Waals surface area contributed by atoms with Gasteiger partial charge in [0.05, 0.1) is 26.9 Å². The van der Waals surface area contributed by atoms with E-state index in [0.29, 0.717) is 23.6 Å². The summed E-state index contributed by atoms with van der Waals surface area (Å²) in [4.78, 5) is 15.6. The number of rotatable bonds is 6. The molecule has 0 atom stereocenters. The molecule has 0 fully saturated rings. The summed E-state index contributed by atoms with van der Waals surface area (Å²) in [7, 11) is 4.56. The predicted molar refractivity (Wildman–Crippen MR) is 58.8 cm³/mol. The molecular weight excluding hydrogens is 210 g/mol. The minimum absolute atomic E-state index is 0.438. The van der Waals surface area contributed by atoms with Gasteiger partial charge in [0, 0.05) is 12.1 Å². The van der Waals surface area contributed by atoms with Crippen molar-refractivity contribution in [2.75, 3.05) is 21.3 Å². The fourth-order valence-electron chi connectivity index (χ4n) is 1.43. The number of methoxy groups -OCH3 is 2. The van der Waals surface area contributed by atoms with Crippen molar-refractivity contribution in [2.45, 2.75) is 6.54 Å². The molecule has 1 aromatic rings. The number of hydrogen-bond donors (Lipinski definition) is 1. The van der Waals surface area contributed by atoms with Crippen LogP contribution in [0.2, 0.25) is 0 Å². The van der Waals surface area contributed by atoms with Gasteiger partial charge >= 0.3 is 0 Å². The molecular formula is C11H15NO4. The maximum absolute atomic E-state index is 10.8. The minimum Gasteiger partial charge on any atom is -0.492 e. The van der Waals surface area contributed by atoms with Gasteiger partial charge in [-0.15, -0.1) is 0 Å². The zero-order chi connectivity index (χ0) is 12.0. The number of aldehydes is 1. The zero-order valence-electron chi connectivity index (χ0n) is 9.57. The average Bonchev–Trinajstić information content (AvgIpc) is 2.34. The molecule has 0 saturated heterocycles. The third-order valence-electron chi connectivity index (χ3n) is 2.17. The fraction of sp³-hybridized carbons (Fsp3) is 0.364. The number of carbonyl (C=O) groups excluding carboxylic acids is 1. The van der Waals surface area contributed by atoms with Crippen LogP contribution in [0.4, 0.5) is 0 Å². The summed E-state index contributed by atoms with van der Waals surface area (Å²) in [5.74, 6) is 0.976. The molecule has 0 amide bonds. The predicted octanol–water partition coefficient (Wildman–Crippen LogP) is 1.17. The lowest BCUT2D eigenvalue weighted by Gasteiger charge is -2.14. The Bertz CT molecular complexity index is 365. The number of benzene rings is 1. The second-order valence-electron chi connectivity index (χ2n) is 3.02. The van der Waals surface area contributed by atoms with Crippen LogP contribution in [-0.4, -0.2) is 27.6 Å². The lowest BCUT2D eigenvalue weighted by Crippen LogP contribution is -2.12. The second kappa shape index (κ2) is 6.09. The van der Waals surface area contributed by atoms with E-state index in [2.05, 4.69) is 5.48 Å². The summed E-state index contributed by atoms with van der Waals surface area (Å²) in [6.45, 7) is 0.467. The molecule has 0 radical (unpaired) electrons. The van der Waals surface area contributed by atoms with Crippen molar-refractivity contribution in [3.05, 3.63) is 23.3 Å². The standard InChI is InChI=1S/C11H15NO4/c1-14-10-8(6-12-16-3)4-5-9(7-13)11(10)15-2/h4-5,7,12H,6H2,1-3H3. The molecule has 1 aromatic carbocycles. The topological polar surface area (TPSA) is 56.8 Å². The van der Waals surface area contributed by atoms with Crippen LogP contribution in [-0.2, 0) is 11.4 Å². The largest absolute Gasteiger partial charge is 0.492 e. The molecule has 0 aromatic heterocycles. The highest BCUT2D eigenvalue weighted by Gasteiger charge is 2.14. The summed E-state index contributed by atoms with van der Waals surface area (Å²) in [5, 5.41) is 0. The summed E-state index contributed by atoms with van der Waals surface area (Å²) >= 11 is 0. The van der Waals surface area contributed by atoms with Crippen molar-refractivity contribution in [1.29, 1.82) is 0 Å². The summed E-state index contributed by atoms with van der Waals surface area (Å²) in [6.07, 6.45) is 0.731. The first-order chi connectivity index (χ1) is 7.78. The molecule has 1 N–H and O–H groups in total. The van der Waals surface area contributed by atoms with E-state index >= 15 is 0 Å². The maximum atomic E-state index is 10.8. The van der Waals surface area contributed by atoms with Crippen LogP contribution in [0.15, 0.2) is 12.1 Å². The van der Waals surface area contributed by atoms with E-state index < -0.39 is 0 Å². The molecule has 0 heterocycles. The molecule has 0 bridgehead atoms. The van der Waals surface area contributed by atoms with E-state index in [4.69, 9.17) is 14.3 Å². The van der Waals surface area contributed by atoms with Gasteiger partial charge in [0.2, 0.25) is 0 Å². The van der Waals surface area contributed by atoms with Crippen molar-refractivity contribution in [2.24, 2.45) is 0 Å². The van der Waals surface area contributed by atoms with Gasteiger partial charge < -0.3 is 14.3 Å². The van der Waals surface area contributed by atoms with Gasteiger partial charge in [-0.05, 0) is 6.07 Å². The van der Waals surface area contributed by atoms with E-state index in [1.54, 1.807) is 12.1 Å². The first-order valence-corrected chi connectivity index (χ1v) is 4.73. The Morgan fingerprint density at radius 1 is 1.19 bits per heavy atom. The van der Waals surface area contributed by atoms with Gasteiger partial charge in [0.1, 0.15) is 0 Å². The molecule has 0 aliphatic heterocycles. The Hall–Kier alpha value is -1.59. The van der Waals surface area contributed by atoms with Crippen LogP contribution >= 0.6 is 0 Å². The number of hydrogen-bond acceptors (Lipinski definition) is 5. The van der Waals surface area contributed by atoms with Gasteiger partial charge in [0.15, 0.2) is 17.8 Å². The smallest absolute Gasteiger partial charge is 0.171 e. The van der Waals surface area contributed by atoms with Gasteiger partial charge in [-0.2, -0.15) is 5.48 Å². The Kier molecular flexibility index (Phi) is 4.75. The lowest BCUT2D eigenvalue weighted by atomic mass is 10.1. The number of hydroxylamine groups is 1. The molecule has 1 rings (SSSR count). The highest BCUT2D eigenvalue weighted by Crippen LogP contribution is 2.33. The molecule has 0 spiro atoms. The van der Waals surface area contributed by atoms with Crippen LogP contribution in [0.1, 0.15) is 15.9 Å². The number of nitrogens with one attached hydrogen (secondary N) is 1. The molecule has 5 heteroatoms. The normalized spacial score (nSPS) is 9.94. The van der Waals surface area contributed by atoms with E-state index in [1.807, 2.05) is 0 Å². The first kappa shape index (κ1) is 12.5. The fourth-order valence-corrected chi connectivity index (χ4v) is 1.43. The van der Waals surface area contributed by atoms with Gasteiger partial charge in [-0.3, -0.25) is 4.79 Å². The Morgan fingerprint density at radius 2 is 1.88 bits per heavy atom. The van der Waals surface area contributed by atoms with Crippen molar-refractivity contribution in [3.8, 4) is 11.5 Å². The Morgan fingerprint density at radius 3 is 2.38 bits per heavy atom. The third-order valence-corrected chi connectivity index (χ3v) is 2.17. The Balaban J connectivity index is 3.14. The van der Waals surface area contributed by atoms with E-state index in [1.165, 1.54) is 21.3 Å². The highest BCUT2D eigenvalue weighted by molar-refractivity contribution is 5.81. The third kappa shape index (κ3) is 2.50. The van der Waals surface area contributed by atoms with Crippen LogP contribution in [0.25, 0.3) is 0 Å². The van der Waals surface area contributed by atoms with Crippen LogP contribution in [0.3, 0.4) is 0 Å². The van der Waals surface area contributed by atoms with Gasteiger partial charge in [-0.1, -0.05) is 6.07 Å². The molecule has 0 saturated carbocycles. The van der Waals surface area contributed by atoms with Crippen LogP contribution < -0.4 is 15.0 Å². The SMILES string of the molecule is CONCc1ccc(C=O)c(OC)c1OC. The molecule has 5 nitrogen and oxygen atoms in total. The zero-order valence-corrected chi connectivity index (χ0v) is 9.57.